The van der Waals surface area contributed by atoms with Crippen molar-refractivity contribution in [1.29, 1.82) is 0 Å². The van der Waals surface area contributed by atoms with E-state index in [1.807, 2.05) is 0 Å². The van der Waals surface area contributed by atoms with E-state index in [9.17, 15) is 16.8 Å². The first kappa shape index (κ1) is 22.8. The molecule has 0 spiro atoms. The van der Waals surface area contributed by atoms with Gasteiger partial charge in [0.05, 0.1) is 24.3 Å². The van der Waals surface area contributed by atoms with Gasteiger partial charge < -0.3 is 9.47 Å². The fourth-order valence-corrected chi connectivity index (χ4v) is 4.17. The quantitative estimate of drug-likeness (QED) is 0.698. The van der Waals surface area contributed by atoms with E-state index in [1.165, 1.54) is 38.5 Å². The SMILES string of the molecule is COc1ccc(Cl)c(S(=O)(=O)Cl)c1.COc1ccc(Cl)c(S(N)(=O)=O)c1. The molecular formula is C14H14Cl3NO6S2. The van der Waals surface area contributed by atoms with Crippen LogP contribution in [0.4, 0.5) is 0 Å². The first-order valence-corrected chi connectivity index (χ1v) is 11.2. The van der Waals surface area contributed by atoms with Gasteiger partial charge in [-0.15, -0.1) is 0 Å². The summed E-state index contributed by atoms with van der Waals surface area (Å²) in [6, 6.07) is 8.48. The Morgan fingerprint density at radius 1 is 0.808 bits per heavy atom. The van der Waals surface area contributed by atoms with Crippen LogP contribution >= 0.6 is 33.9 Å². The molecule has 26 heavy (non-hydrogen) atoms. The van der Waals surface area contributed by atoms with Crippen molar-refractivity contribution in [1.82, 2.24) is 0 Å². The third-order valence-electron chi connectivity index (χ3n) is 2.85. The molecule has 0 aliphatic rings. The van der Waals surface area contributed by atoms with Crippen molar-refractivity contribution in [3.63, 3.8) is 0 Å². The number of nitrogens with two attached hydrogens (primary N) is 1. The van der Waals surface area contributed by atoms with Crippen LogP contribution in [0, 0.1) is 0 Å². The topological polar surface area (TPSA) is 113 Å². The molecule has 0 radical (unpaired) electrons. The van der Waals surface area contributed by atoms with Crippen LogP contribution in [0.25, 0.3) is 0 Å². The van der Waals surface area contributed by atoms with Gasteiger partial charge in [-0.2, -0.15) is 0 Å². The highest BCUT2D eigenvalue weighted by atomic mass is 35.7. The average molecular weight is 463 g/mol. The smallest absolute Gasteiger partial charge is 0.262 e. The lowest BCUT2D eigenvalue weighted by molar-refractivity contribution is 0.413. The van der Waals surface area contributed by atoms with Crippen LogP contribution in [0.3, 0.4) is 0 Å². The van der Waals surface area contributed by atoms with E-state index < -0.39 is 19.1 Å². The van der Waals surface area contributed by atoms with Crippen LogP contribution < -0.4 is 14.6 Å². The van der Waals surface area contributed by atoms with Gasteiger partial charge in [-0.05, 0) is 24.3 Å². The summed E-state index contributed by atoms with van der Waals surface area (Å²) in [5.74, 6) is 0.789. The molecule has 2 aromatic carbocycles. The maximum atomic E-state index is 11.0. The molecule has 0 bridgehead atoms. The average Bonchev–Trinajstić information content (AvgIpc) is 2.54. The summed E-state index contributed by atoms with van der Waals surface area (Å²) in [5, 5.41) is 5.08. The maximum Gasteiger partial charge on any atom is 0.262 e. The first-order chi connectivity index (χ1) is 11.9. The highest BCUT2D eigenvalue weighted by Crippen LogP contribution is 2.28. The van der Waals surface area contributed by atoms with E-state index in [1.54, 1.807) is 12.1 Å². The molecule has 0 saturated carbocycles. The zero-order chi connectivity index (χ0) is 20.1. The number of methoxy groups -OCH3 is 2. The van der Waals surface area contributed by atoms with Crippen LogP contribution in [0.15, 0.2) is 46.2 Å². The number of sulfonamides is 1. The molecule has 144 valence electrons. The molecular weight excluding hydrogens is 449 g/mol. The Hall–Kier alpha value is -1.23. The Balaban J connectivity index is 0.000000260. The molecule has 2 N–H and O–H groups in total. The Kier molecular flexibility index (Phi) is 8.00. The number of primary sulfonamides is 1. The van der Waals surface area contributed by atoms with Crippen LogP contribution in [0.1, 0.15) is 0 Å². The molecule has 0 amide bonds. The third-order valence-corrected chi connectivity index (χ3v) is 6.04. The summed E-state index contributed by atoms with van der Waals surface area (Å²) in [6.45, 7) is 0. The molecule has 2 aromatic rings. The van der Waals surface area contributed by atoms with Gasteiger partial charge in [0, 0.05) is 22.8 Å². The van der Waals surface area contributed by atoms with Gasteiger partial charge >= 0.3 is 0 Å². The fourth-order valence-electron chi connectivity index (χ4n) is 1.63. The highest BCUT2D eigenvalue weighted by molar-refractivity contribution is 8.13. The monoisotopic (exact) mass is 461 g/mol. The summed E-state index contributed by atoms with van der Waals surface area (Å²) in [7, 11) is 0.392. The molecule has 0 heterocycles. The van der Waals surface area contributed by atoms with Crippen LogP contribution in [-0.4, -0.2) is 31.1 Å². The van der Waals surface area contributed by atoms with Crippen molar-refractivity contribution in [2.75, 3.05) is 14.2 Å². The van der Waals surface area contributed by atoms with Gasteiger partial charge in [-0.1, -0.05) is 23.2 Å². The normalized spacial score (nSPS) is 11.3. The van der Waals surface area contributed by atoms with Crippen molar-refractivity contribution in [2.24, 2.45) is 5.14 Å². The highest BCUT2D eigenvalue weighted by Gasteiger charge is 2.15. The van der Waals surface area contributed by atoms with E-state index in [0.717, 1.165) is 0 Å². The van der Waals surface area contributed by atoms with Gasteiger partial charge in [0.25, 0.3) is 9.05 Å². The van der Waals surface area contributed by atoms with Gasteiger partial charge in [0.15, 0.2) is 0 Å². The van der Waals surface area contributed by atoms with Crippen LogP contribution in [0.5, 0.6) is 11.5 Å². The Bertz CT molecular complexity index is 912. The lowest BCUT2D eigenvalue weighted by atomic mass is 10.3. The molecule has 0 unspecified atom stereocenters. The molecule has 0 aliphatic carbocycles. The van der Waals surface area contributed by atoms with Crippen molar-refractivity contribution < 1.29 is 26.3 Å². The van der Waals surface area contributed by atoms with Gasteiger partial charge in [0.2, 0.25) is 10.0 Å². The zero-order valence-electron chi connectivity index (χ0n) is 13.4. The predicted molar refractivity (Wildman–Crippen MR) is 100 cm³/mol. The largest absolute Gasteiger partial charge is 0.497 e. The molecule has 0 saturated heterocycles. The van der Waals surface area contributed by atoms with Crippen molar-refractivity contribution in [3.05, 3.63) is 46.4 Å². The third kappa shape index (κ3) is 6.49. The lowest BCUT2D eigenvalue weighted by Crippen LogP contribution is -2.12. The molecule has 7 nitrogen and oxygen atoms in total. The molecule has 0 aromatic heterocycles. The second-order valence-electron chi connectivity index (χ2n) is 4.58. The van der Waals surface area contributed by atoms with Gasteiger partial charge in [0.1, 0.15) is 21.3 Å². The predicted octanol–water partition coefficient (Wildman–Crippen LogP) is 3.27. The van der Waals surface area contributed by atoms with E-state index in [4.69, 9.17) is 48.5 Å². The zero-order valence-corrected chi connectivity index (χ0v) is 17.3. The second kappa shape index (κ2) is 9.12. The number of hydrogen-bond donors (Lipinski definition) is 1. The number of ether oxygens (including phenoxy) is 2. The van der Waals surface area contributed by atoms with E-state index >= 15 is 0 Å². The number of hydrogen-bond acceptors (Lipinski definition) is 6. The summed E-state index contributed by atoms with van der Waals surface area (Å²) in [6.07, 6.45) is 0. The lowest BCUT2D eigenvalue weighted by Gasteiger charge is -2.04. The minimum Gasteiger partial charge on any atom is -0.497 e. The number of benzene rings is 2. The molecule has 0 aliphatic heterocycles. The van der Waals surface area contributed by atoms with Crippen molar-refractivity contribution in [2.45, 2.75) is 9.79 Å². The number of halogens is 3. The van der Waals surface area contributed by atoms with E-state index in [-0.39, 0.29) is 19.8 Å². The van der Waals surface area contributed by atoms with Gasteiger partial charge in [-0.3, -0.25) is 0 Å². The van der Waals surface area contributed by atoms with Crippen LogP contribution in [0.2, 0.25) is 10.0 Å². The van der Waals surface area contributed by atoms with Crippen LogP contribution in [-0.2, 0) is 19.1 Å². The molecule has 0 fully saturated rings. The molecule has 12 heteroatoms. The van der Waals surface area contributed by atoms with E-state index in [2.05, 4.69) is 0 Å². The molecule has 2 rings (SSSR count). The summed E-state index contributed by atoms with van der Waals surface area (Å²) in [5.41, 5.74) is 0. The molecule has 0 atom stereocenters. The fraction of sp³-hybridized carbons (Fsp3) is 0.143. The Morgan fingerprint density at radius 3 is 1.54 bits per heavy atom. The number of rotatable bonds is 4. The summed E-state index contributed by atoms with van der Waals surface area (Å²) >= 11 is 11.2. The first-order valence-electron chi connectivity index (χ1n) is 6.54. The van der Waals surface area contributed by atoms with Gasteiger partial charge in [-0.25, -0.2) is 22.0 Å². The summed E-state index contributed by atoms with van der Waals surface area (Å²) in [4.78, 5) is -0.274. The minimum absolute atomic E-state index is 0.0794. The summed E-state index contributed by atoms with van der Waals surface area (Å²) < 4.78 is 53.5. The minimum atomic E-state index is -3.81. The standard InChI is InChI=1S/C7H6Cl2O3S.C7H8ClNO3S/c2*1-12-5-2-3-6(8)7(4-5)13(9,10)11/h2-4H,1H3;2-4H,1H3,(H2,9,10,11). The van der Waals surface area contributed by atoms with E-state index in [0.29, 0.717) is 11.5 Å². The Morgan fingerprint density at radius 2 is 1.19 bits per heavy atom. The van der Waals surface area contributed by atoms with Crippen molar-refractivity contribution in [3.8, 4) is 11.5 Å². The Labute approximate surface area is 166 Å². The second-order valence-corrected chi connectivity index (χ2v) is 9.45. The maximum absolute atomic E-state index is 11.0. The van der Waals surface area contributed by atoms with Crippen molar-refractivity contribution >= 4 is 53.0 Å².